The fraction of sp³-hybridized carbons (Fsp3) is 0.750. The van der Waals surface area contributed by atoms with Crippen LogP contribution in [-0.2, 0) is 33.3 Å². The Bertz CT molecular complexity index is 468. The zero-order valence-electron chi connectivity index (χ0n) is 12.5. The van der Waals surface area contributed by atoms with Gasteiger partial charge in [0, 0.05) is 21.0 Å². The van der Waals surface area contributed by atoms with Crippen LogP contribution in [0.1, 0.15) is 13.8 Å². The molecule has 0 bridgehead atoms. The summed E-state index contributed by atoms with van der Waals surface area (Å²) in [5.74, 6) is -3.86. The minimum Gasteiger partial charge on any atom is -0.456 e. The number of ether oxygens (including phenoxy) is 4. The summed E-state index contributed by atoms with van der Waals surface area (Å²) in [6, 6.07) is -1.37. The second-order valence-electron chi connectivity index (χ2n) is 4.66. The predicted molar refractivity (Wildman–Crippen MR) is 65.8 cm³/mol. The lowest BCUT2D eigenvalue weighted by molar-refractivity contribution is -0.255. The molecule has 23 heavy (non-hydrogen) atoms. The molecule has 0 aliphatic carbocycles. The van der Waals surface area contributed by atoms with Crippen molar-refractivity contribution < 1.29 is 46.5 Å². The van der Waals surface area contributed by atoms with E-state index in [2.05, 4.69) is 0 Å². The van der Waals surface area contributed by atoms with Crippen molar-refractivity contribution in [3.8, 4) is 0 Å². The van der Waals surface area contributed by atoms with Gasteiger partial charge >= 0.3 is 24.0 Å². The Labute approximate surface area is 129 Å². The van der Waals surface area contributed by atoms with Crippen LogP contribution in [0, 0.1) is 0 Å². The molecule has 0 unspecified atom stereocenters. The average Bonchev–Trinajstić information content (AvgIpc) is 2.40. The highest BCUT2D eigenvalue weighted by molar-refractivity contribution is 5.82. The molecule has 1 N–H and O–H groups in total. The number of carbonyl (C=O) groups is 3. The first kappa shape index (κ1) is 19.2. The lowest BCUT2D eigenvalue weighted by Gasteiger charge is -2.40. The molecular formula is C12H16F3NO7. The zero-order valence-corrected chi connectivity index (χ0v) is 12.5. The molecule has 1 aliphatic heterocycles. The van der Waals surface area contributed by atoms with Gasteiger partial charge in [-0.15, -0.1) is 0 Å². The molecule has 0 aromatic heterocycles. The number of halogens is 3. The molecule has 0 radical (unpaired) electrons. The Morgan fingerprint density at radius 3 is 2.04 bits per heavy atom. The lowest BCUT2D eigenvalue weighted by Crippen LogP contribution is -2.63. The number of hydrogen-bond acceptors (Lipinski definition) is 7. The number of esters is 2. The summed E-state index contributed by atoms with van der Waals surface area (Å²) in [6.45, 7) is 1.64. The average molecular weight is 343 g/mol. The van der Waals surface area contributed by atoms with E-state index in [0.29, 0.717) is 0 Å². The summed E-state index contributed by atoms with van der Waals surface area (Å²) < 4.78 is 56.9. The Balaban J connectivity index is 3.01. The fourth-order valence-electron chi connectivity index (χ4n) is 2.00. The van der Waals surface area contributed by atoms with Crippen LogP contribution < -0.4 is 5.32 Å². The number of rotatable bonds is 4. The third kappa shape index (κ3) is 5.36. The van der Waals surface area contributed by atoms with Crippen molar-refractivity contribution >= 4 is 17.8 Å². The number of hydrogen-bond donors (Lipinski definition) is 1. The third-order valence-electron chi connectivity index (χ3n) is 2.84. The fourth-order valence-corrected chi connectivity index (χ4v) is 2.00. The van der Waals surface area contributed by atoms with Crippen molar-refractivity contribution in [1.29, 1.82) is 0 Å². The molecule has 0 saturated carbocycles. The second kappa shape index (κ2) is 7.59. The predicted octanol–water partition coefficient (Wildman–Crippen LogP) is -0.100. The molecule has 8 nitrogen and oxygen atoms in total. The molecule has 4 atom stereocenters. The topological polar surface area (TPSA) is 100 Å². The number of alkyl halides is 3. The maximum atomic E-state index is 12.4. The molecule has 11 heteroatoms. The van der Waals surface area contributed by atoms with Gasteiger partial charge in [-0.1, -0.05) is 0 Å². The number of amides is 1. The Morgan fingerprint density at radius 2 is 1.61 bits per heavy atom. The van der Waals surface area contributed by atoms with Gasteiger partial charge in [-0.3, -0.25) is 14.4 Å². The van der Waals surface area contributed by atoms with Crippen LogP contribution in [-0.4, -0.2) is 62.3 Å². The van der Waals surface area contributed by atoms with Crippen LogP contribution in [0.15, 0.2) is 0 Å². The Hall–Kier alpha value is -1.88. The first-order valence-corrected chi connectivity index (χ1v) is 6.42. The highest BCUT2D eigenvalue weighted by Crippen LogP contribution is 2.24. The van der Waals surface area contributed by atoms with E-state index in [1.807, 2.05) is 0 Å². The molecule has 1 saturated heterocycles. The maximum absolute atomic E-state index is 12.4. The van der Waals surface area contributed by atoms with Gasteiger partial charge in [0.15, 0.2) is 18.5 Å². The van der Waals surface area contributed by atoms with Gasteiger partial charge in [0.1, 0.15) is 0 Å². The summed E-state index contributed by atoms with van der Waals surface area (Å²) in [7, 11) is 1.21. The quantitative estimate of drug-likeness (QED) is 0.712. The number of methoxy groups -OCH3 is 1. The highest BCUT2D eigenvalue weighted by atomic mass is 19.4. The van der Waals surface area contributed by atoms with Gasteiger partial charge in [-0.25, -0.2) is 0 Å². The van der Waals surface area contributed by atoms with Crippen LogP contribution in [0.3, 0.4) is 0 Å². The van der Waals surface area contributed by atoms with Crippen LogP contribution in [0.25, 0.3) is 0 Å². The van der Waals surface area contributed by atoms with Crippen molar-refractivity contribution in [2.75, 3.05) is 13.7 Å². The van der Waals surface area contributed by atoms with Crippen molar-refractivity contribution in [3.63, 3.8) is 0 Å². The first-order chi connectivity index (χ1) is 10.6. The normalized spacial score (nSPS) is 27.9. The van der Waals surface area contributed by atoms with Crippen molar-refractivity contribution in [1.82, 2.24) is 5.32 Å². The largest absolute Gasteiger partial charge is 0.471 e. The van der Waals surface area contributed by atoms with E-state index in [-0.39, 0.29) is 0 Å². The molecule has 1 heterocycles. The van der Waals surface area contributed by atoms with Crippen LogP contribution >= 0.6 is 0 Å². The van der Waals surface area contributed by atoms with Gasteiger partial charge < -0.3 is 24.3 Å². The first-order valence-electron chi connectivity index (χ1n) is 6.42. The summed E-state index contributed by atoms with van der Waals surface area (Å²) in [5, 5.41) is 1.65. The van der Waals surface area contributed by atoms with Gasteiger partial charge in [0.05, 0.1) is 12.6 Å². The Kier molecular flexibility index (Phi) is 6.33. The molecule has 0 spiro atoms. The van der Waals surface area contributed by atoms with E-state index >= 15 is 0 Å². The van der Waals surface area contributed by atoms with E-state index < -0.39 is 55.2 Å². The maximum Gasteiger partial charge on any atom is 0.471 e. The van der Waals surface area contributed by atoms with Crippen molar-refractivity contribution in [2.24, 2.45) is 0 Å². The van der Waals surface area contributed by atoms with Gasteiger partial charge in [-0.05, 0) is 0 Å². The number of carbonyl (C=O) groups excluding carboxylic acids is 3. The smallest absolute Gasteiger partial charge is 0.456 e. The van der Waals surface area contributed by atoms with E-state index in [1.165, 1.54) is 7.11 Å². The summed E-state index contributed by atoms with van der Waals surface area (Å²) in [6.07, 6.45) is -9.03. The molecule has 1 rings (SSSR count). The highest BCUT2D eigenvalue weighted by Gasteiger charge is 2.48. The third-order valence-corrected chi connectivity index (χ3v) is 2.84. The van der Waals surface area contributed by atoms with E-state index in [1.54, 1.807) is 5.32 Å². The van der Waals surface area contributed by atoms with E-state index in [4.69, 9.17) is 18.9 Å². The molecular weight excluding hydrogens is 327 g/mol. The molecule has 132 valence electrons. The molecule has 1 fully saturated rings. The molecule has 1 aliphatic rings. The van der Waals surface area contributed by atoms with E-state index in [0.717, 1.165) is 13.8 Å². The lowest BCUT2D eigenvalue weighted by atomic mass is 10.0. The summed E-state index contributed by atoms with van der Waals surface area (Å²) in [5.41, 5.74) is 0. The van der Waals surface area contributed by atoms with Crippen molar-refractivity contribution in [3.05, 3.63) is 0 Å². The van der Waals surface area contributed by atoms with Crippen LogP contribution in [0.4, 0.5) is 13.2 Å². The van der Waals surface area contributed by atoms with Gasteiger partial charge in [0.2, 0.25) is 0 Å². The SMILES string of the molecule is CO[C@H]1OC[C@@H](NC(=O)C(F)(F)F)[C@@H](OC(C)=O)[C@H]1OC(C)=O. The molecule has 0 aromatic rings. The zero-order chi connectivity index (χ0) is 17.8. The van der Waals surface area contributed by atoms with E-state index in [9.17, 15) is 27.6 Å². The minimum atomic E-state index is -5.13. The summed E-state index contributed by atoms with van der Waals surface area (Å²) >= 11 is 0. The van der Waals surface area contributed by atoms with Gasteiger partial charge in [-0.2, -0.15) is 13.2 Å². The molecule has 0 aromatic carbocycles. The van der Waals surface area contributed by atoms with Crippen LogP contribution in [0.2, 0.25) is 0 Å². The van der Waals surface area contributed by atoms with Crippen molar-refractivity contribution in [2.45, 2.75) is 44.6 Å². The summed E-state index contributed by atoms with van der Waals surface area (Å²) in [4.78, 5) is 33.4. The second-order valence-corrected chi connectivity index (χ2v) is 4.66. The van der Waals surface area contributed by atoms with Gasteiger partial charge in [0.25, 0.3) is 0 Å². The standard InChI is InChI=1S/C12H16F3NO7/c1-5(17)22-8-7(16-11(19)12(13,14)15)4-21-10(20-3)9(8)23-6(2)18/h7-10H,4H2,1-3H3,(H,16,19)/t7-,8-,9-,10+/m1/s1. The van der Waals surface area contributed by atoms with Crippen LogP contribution in [0.5, 0.6) is 0 Å². The monoisotopic (exact) mass is 343 g/mol. The Morgan fingerprint density at radius 1 is 1.09 bits per heavy atom. The molecule has 1 amide bonds. The number of nitrogens with one attached hydrogen (secondary N) is 1. The minimum absolute atomic E-state index is 0.434.